The van der Waals surface area contributed by atoms with E-state index in [0.29, 0.717) is 12.6 Å². The minimum atomic E-state index is 0.444. The average Bonchev–Trinajstić information content (AvgIpc) is 2.92. The molecule has 1 aliphatic carbocycles. The van der Waals surface area contributed by atoms with Crippen molar-refractivity contribution < 1.29 is 4.74 Å². The fraction of sp³-hybridized carbons (Fsp3) is 0.400. The molecular formula is C10H12BrNO. The van der Waals surface area contributed by atoms with Crippen LogP contribution in [-0.2, 0) is 6.54 Å². The molecule has 1 fully saturated rings. The lowest BCUT2D eigenvalue weighted by Gasteiger charge is -2.07. The summed E-state index contributed by atoms with van der Waals surface area (Å²) in [5.41, 5.74) is 6.64. The molecule has 0 aliphatic heterocycles. The van der Waals surface area contributed by atoms with Crippen LogP contribution in [0.1, 0.15) is 18.4 Å². The molecule has 1 aromatic carbocycles. The van der Waals surface area contributed by atoms with Gasteiger partial charge in [0, 0.05) is 6.54 Å². The van der Waals surface area contributed by atoms with Crippen molar-refractivity contribution >= 4 is 15.9 Å². The third-order valence-corrected chi connectivity index (χ3v) is 2.67. The summed E-state index contributed by atoms with van der Waals surface area (Å²) in [5, 5.41) is 0. The van der Waals surface area contributed by atoms with E-state index in [-0.39, 0.29) is 0 Å². The Morgan fingerprint density at radius 1 is 1.46 bits per heavy atom. The maximum Gasteiger partial charge on any atom is 0.133 e. The van der Waals surface area contributed by atoms with Gasteiger partial charge < -0.3 is 10.5 Å². The standard InChI is InChI=1S/C10H12BrNO/c11-9-5-7(6-12)1-4-10(9)13-8-2-3-8/h1,4-5,8H,2-3,6,12H2. The van der Waals surface area contributed by atoms with Crippen molar-refractivity contribution in [2.75, 3.05) is 0 Å². The molecule has 2 N–H and O–H groups in total. The third-order valence-electron chi connectivity index (χ3n) is 2.05. The summed E-state index contributed by atoms with van der Waals surface area (Å²) in [6, 6.07) is 5.99. The summed E-state index contributed by atoms with van der Waals surface area (Å²) >= 11 is 3.46. The first-order valence-corrected chi connectivity index (χ1v) is 5.24. The number of nitrogens with two attached hydrogens (primary N) is 1. The van der Waals surface area contributed by atoms with Crippen molar-refractivity contribution in [2.45, 2.75) is 25.5 Å². The predicted molar refractivity (Wildman–Crippen MR) is 55.7 cm³/mol. The highest BCUT2D eigenvalue weighted by Gasteiger charge is 2.24. The fourth-order valence-electron chi connectivity index (χ4n) is 1.13. The van der Waals surface area contributed by atoms with Gasteiger partial charge in [-0.15, -0.1) is 0 Å². The Morgan fingerprint density at radius 2 is 2.23 bits per heavy atom. The lowest BCUT2D eigenvalue weighted by atomic mass is 10.2. The Bertz CT molecular complexity index is 310. The van der Waals surface area contributed by atoms with Gasteiger partial charge in [-0.3, -0.25) is 0 Å². The van der Waals surface area contributed by atoms with Gasteiger partial charge in [0.05, 0.1) is 10.6 Å². The maximum atomic E-state index is 5.67. The summed E-state index contributed by atoms with van der Waals surface area (Å²) in [4.78, 5) is 0. The van der Waals surface area contributed by atoms with E-state index in [4.69, 9.17) is 10.5 Å². The molecule has 0 spiro atoms. The average molecular weight is 242 g/mol. The molecule has 0 bridgehead atoms. The quantitative estimate of drug-likeness (QED) is 0.883. The van der Waals surface area contributed by atoms with Crippen molar-refractivity contribution in [3.63, 3.8) is 0 Å². The zero-order valence-electron chi connectivity index (χ0n) is 7.29. The Labute approximate surface area is 86.2 Å². The highest BCUT2D eigenvalue weighted by Crippen LogP contribution is 2.32. The summed E-state index contributed by atoms with van der Waals surface area (Å²) in [5.74, 6) is 0.930. The molecule has 0 unspecified atom stereocenters. The molecule has 0 saturated heterocycles. The highest BCUT2D eigenvalue weighted by molar-refractivity contribution is 9.10. The molecule has 0 aromatic heterocycles. The first-order valence-electron chi connectivity index (χ1n) is 4.45. The third kappa shape index (κ3) is 2.23. The largest absolute Gasteiger partial charge is 0.489 e. The van der Waals surface area contributed by atoms with Crippen molar-refractivity contribution in [3.05, 3.63) is 28.2 Å². The van der Waals surface area contributed by atoms with Crippen molar-refractivity contribution in [3.8, 4) is 5.75 Å². The summed E-state index contributed by atoms with van der Waals surface area (Å²) in [6.45, 7) is 0.572. The van der Waals surface area contributed by atoms with Crippen LogP contribution in [0, 0.1) is 0 Å². The van der Waals surface area contributed by atoms with Crippen molar-refractivity contribution in [2.24, 2.45) is 5.73 Å². The van der Waals surface area contributed by atoms with Gasteiger partial charge in [0.2, 0.25) is 0 Å². The lowest BCUT2D eigenvalue weighted by Crippen LogP contribution is -1.99. The van der Waals surface area contributed by atoms with E-state index in [2.05, 4.69) is 15.9 Å². The fourth-order valence-corrected chi connectivity index (χ4v) is 1.65. The lowest BCUT2D eigenvalue weighted by molar-refractivity contribution is 0.301. The Balaban J connectivity index is 2.15. The Hall–Kier alpha value is -0.540. The van der Waals surface area contributed by atoms with E-state index in [0.717, 1.165) is 15.8 Å². The van der Waals surface area contributed by atoms with Crippen LogP contribution >= 0.6 is 15.9 Å². The van der Waals surface area contributed by atoms with Crippen molar-refractivity contribution in [1.29, 1.82) is 0 Å². The molecule has 0 radical (unpaired) electrons. The molecule has 0 heterocycles. The van der Waals surface area contributed by atoms with Gasteiger partial charge >= 0.3 is 0 Å². The molecule has 0 amide bonds. The normalized spacial score (nSPS) is 15.8. The zero-order chi connectivity index (χ0) is 9.26. The van der Waals surface area contributed by atoms with Crippen molar-refractivity contribution in [1.82, 2.24) is 0 Å². The van der Waals surface area contributed by atoms with Gasteiger partial charge in [-0.2, -0.15) is 0 Å². The van der Waals surface area contributed by atoms with Crippen LogP contribution in [0.15, 0.2) is 22.7 Å². The van der Waals surface area contributed by atoms with Crippen LogP contribution in [0.2, 0.25) is 0 Å². The van der Waals surface area contributed by atoms with E-state index in [1.165, 1.54) is 12.8 Å². The topological polar surface area (TPSA) is 35.2 Å². The maximum absolute atomic E-state index is 5.67. The highest BCUT2D eigenvalue weighted by atomic mass is 79.9. The Morgan fingerprint density at radius 3 is 2.77 bits per heavy atom. The molecular weight excluding hydrogens is 230 g/mol. The molecule has 2 rings (SSSR count). The molecule has 1 aromatic rings. The minimum Gasteiger partial charge on any atom is -0.489 e. The second kappa shape index (κ2) is 3.68. The SMILES string of the molecule is NCc1ccc(OC2CC2)c(Br)c1. The zero-order valence-corrected chi connectivity index (χ0v) is 8.88. The monoisotopic (exact) mass is 241 g/mol. The number of hydrogen-bond donors (Lipinski definition) is 1. The molecule has 1 aliphatic rings. The number of rotatable bonds is 3. The summed E-state index contributed by atoms with van der Waals surface area (Å²) in [7, 11) is 0. The molecule has 2 nitrogen and oxygen atoms in total. The second-order valence-corrected chi connectivity index (χ2v) is 4.14. The number of hydrogen-bond acceptors (Lipinski definition) is 2. The molecule has 13 heavy (non-hydrogen) atoms. The number of ether oxygens (including phenoxy) is 1. The molecule has 70 valence electrons. The van der Waals surface area contributed by atoms with Gasteiger partial charge in [-0.25, -0.2) is 0 Å². The van der Waals surface area contributed by atoms with Gasteiger partial charge in [-0.1, -0.05) is 6.07 Å². The van der Waals surface area contributed by atoms with E-state index in [1.807, 2.05) is 18.2 Å². The number of benzene rings is 1. The summed E-state index contributed by atoms with van der Waals surface area (Å²) < 4.78 is 6.67. The van der Waals surface area contributed by atoms with Gasteiger partial charge in [-0.05, 0) is 46.5 Å². The van der Waals surface area contributed by atoms with Crippen LogP contribution in [-0.4, -0.2) is 6.10 Å². The first kappa shape index (κ1) is 9.03. The summed E-state index contributed by atoms with van der Waals surface area (Å²) in [6.07, 6.45) is 2.82. The van der Waals surface area contributed by atoms with E-state index >= 15 is 0 Å². The first-order chi connectivity index (χ1) is 6.29. The smallest absolute Gasteiger partial charge is 0.133 e. The van der Waals surface area contributed by atoms with Crippen LogP contribution in [0.25, 0.3) is 0 Å². The van der Waals surface area contributed by atoms with Crippen LogP contribution in [0.3, 0.4) is 0 Å². The van der Waals surface area contributed by atoms with Crippen LogP contribution in [0.4, 0.5) is 0 Å². The van der Waals surface area contributed by atoms with Gasteiger partial charge in [0.25, 0.3) is 0 Å². The van der Waals surface area contributed by atoms with Crippen LogP contribution in [0.5, 0.6) is 5.75 Å². The Kier molecular flexibility index (Phi) is 2.56. The van der Waals surface area contributed by atoms with E-state index in [1.54, 1.807) is 0 Å². The molecule has 3 heteroatoms. The molecule has 0 atom stereocenters. The second-order valence-electron chi connectivity index (χ2n) is 3.29. The van der Waals surface area contributed by atoms with Gasteiger partial charge in [0.1, 0.15) is 5.75 Å². The van der Waals surface area contributed by atoms with E-state index in [9.17, 15) is 0 Å². The van der Waals surface area contributed by atoms with Crippen LogP contribution < -0.4 is 10.5 Å². The number of halogens is 1. The van der Waals surface area contributed by atoms with Gasteiger partial charge in [0.15, 0.2) is 0 Å². The predicted octanol–water partition coefficient (Wildman–Crippen LogP) is 2.45. The molecule has 1 saturated carbocycles. The van der Waals surface area contributed by atoms with E-state index < -0.39 is 0 Å². The minimum absolute atomic E-state index is 0.444.